The van der Waals surface area contributed by atoms with E-state index in [1.54, 1.807) is 0 Å². The van der Waals surface area contributed by atoms with Crippen LogP contribution >= 0.6 is 0 Å². The predicted octanol–water partition coefficient (Wildman–Crippen LogP) is 4.28. The molecule has 0 aliphatic rings. The van der Waals surface area contributed by atoms with Gasteiger partial charge in [0.2, 0.25) is 0 Å². The molecule has 0 rings (SSSR count). The molecule has 3 N–H and O–H groups in total. The molecule has 0 radical (unpaired) electrons. The Balaban J connectivity index is 5.14. The number of rotatable bonds is 13. The normalized spacial score (nSPS) is 12.9. The second-order valence-corrected chi connectivity index (χ2v) is 9.62. The summed E-state index contributed by atoms with van der Waals surface area (Å²) in [6.45, 7) is 16.1. The minimum Gasteiger partial charge on any atom is -0.310 e. The Kier molecular flexibility index (Phi) is 11.7. The van der Waals surface area contributed by atoms with Gasteiger partial charge in [0.05, 0.1) is 0 Å². The van der Waals surface area contributed by atoms with E-state index in [0.717, 1.165) is 0 Å². The van der Waals surface area contributed by atoms with Crippen LogP contribution in [0.3, 0.4) is 0 Å². The van der Waals surface area contributed by atoms with Gasteiger partial charge in [0.25, 0.3) is 8.56 Å². The SMILES string of the molecule is CCC(CC)N[Si](CC)(NC(CC)CC)NC(CC)CC. The van der Waals surface area contributed by atoms with Crippen molar-refractivity contribution in [3.8, 4) is 0 Å². The lowest BCUT2D eigenvalue weighted by molar-refractivity contribution is 0.479. The molecular formula is C17H41N3Si. The number of nitrogens with one attached hydrogen (secondary N) is 3. The summed E-state index contributed by atoms with van der Waals surface area (Å²) >= 11 is 0. The first-order chi connectivity index (χ1) is 10.0. The third-order valence-corrected chi connectivity index (χ3v) is 8.60. The molecule has 0 aliphatic heterocycles. The smallest absolute Gasteiger partial charge is 0.281 e. The highest BCUT2D eigenvalue weighted by atomic mass is 28.4. The van der Waals surface area contributed by atoms with Crippen LogP contribution < -0.4 is 14.9 Å². The van der Waals surface area contributed by atoms with Gasteiger partial charge in [-0.3, -0.25) is 0 Å². The van der Waals surface area contributed by atoms with Crippen molar-refractivity contribution in [3.63, 3.8) is 0 Å². The van der Waals surface area contributed by atoms with Gasteiger partial charge in [-0.1, -0.05) is 48.5 Å². The van der Waals surface area contributed by atoms with Crippen molar-refractivity contribution in [2.45, 2.75) is 111 Å². The highest BCUT2D eigenvalue weighted by molar-refractivity contribution is 6.72. The molecule has 0 saturated carbocycles. The van der Waals surface area contributed by atoms with Crippen molar-refractivity contribution in [1.29, 1.82) is 0 Å². The summed E-state index contributed by atoms with van der Waals surface area (Å²) in [6, 6.07) is 3.07. The Bertz CT molecular complexity index is 200. The van der Waals surface area contributed by atoms with Gasteiger partial charge in [-0.15, -0.1) is 0 Å². The lowest BCUT2D eigenvalue weighted by Gasteiger charge is -2.41. The van der Waals surface area contributed by atoms with Crippen molar-refractivity contribution in [1.82, 2.24) is 14.9 Å². The zero-order valence-corrected chi connectivity index (χ0v) is 16.7. The van der Waals surface area contributed by atoms with E-state index in [9.17, 15) is 0 Å². The lowest BCUT2D eigenvalue weighted by atomic mass is 10.2. The molecule has 0 fully saturated rings. The molecule has 0 bridgehead atoms. The Morgan fingerprint density at radius 3 is 0.905 bits per heavy atom. The molecule has 3 nitrogen and oxygen atoms in total. The summed E-state index contributed by atoms with van der Waals surface area (Å²) in [5.74, 6) is 0. The molecule has 0 aromatic heterocycles. The van der Waals surface area contributed by atoms with E-state index < -0.39 is 8.56 Å². The van der Waals surface area contributed by atoms with Crippen LogP contribution in [0.25, 0.3) is 0 Å². The maximum absolute atomic E-state index is 4.03. The molecule has 0 atom stereocenters. The van der Waals surface area contributed by atoms with Crippen LogP contribution in [-0.2, 0) is 0 Å². The standard InChI is InChI=1S/C17H41N3Si/c1-8-15(9-2)18-21(14-7,19-16(10-3)11-4)20-17(12-5)13-6/h15-20H,8-14H2,1-7H3. The van der Waals surface area contributed by atoms with Gasteiger partial charge in [0, 0.05) is 18.1 Å². The summed E-state index contributed by atoms with van der Waals surface area (Å²) in [7, 11) is -1.83. The molecule has 0 unspecified atom stereocenters. The van der Waals surface area contributed by atoms with E-state index in [2.05, 4.69) is 63.4 Å². The van der Waals surface area contributed by atoms with Crippen LogP contribution in [0.4, 0.5) is 0 Å². The van der Waals surface area contributed by atoms with Crippen molar-refractivity contribution in [3.05, 3.63) is 0 Å². The molecule has 0 aliphatic carbocycles. The summed E-state index contributed by atoms with van der Waals surface area (Å²) in [5, 5.41) is 0. The van der Waals surface area contributed by atoms with E-state index in [1.165, 1.54) is 44.6 Å². The average Bonchev–Trinajstić information content (AvgIpc) is 2.54. The highest BCUT2D eigenvalue weighted by Crippen LogP contribution is 2.11. The maximum atomic E-state index is 4.03. The first kappa shape index (κ1) is 21.1. The van der Waals surface area contributed by atoms with Crippen molar-refractivity contribution in [2.75, 3.05) is 0 Å². The highest BCUT2D eigenvalue weighted by Gasteiger charge is 2.36. The second-order valence-electron chi connectivity index (χ2n) is 6.23. The van der Waals surface area contributed by atoms with Gasteiger partial charge in [-0.25, -0.2) is 0 Å². The predicted molar refractivity (Wildman–Crippen MR) is 98.8 cm³/mol. The van der Waals surface area contributed by atoms with Crippen LogP contribution in [0, 0.1) is 0 Å². The van der Waals surface area contributed by atoms with Crippen LogP contribution in [-0.4, -0.2) is 26.7 Å². The fraction of sp³-hybridized carbons (Fsp3) is 1.00. The molecule has 0 aromatic carbocycles. The van der Waals surface area contributed by atoms with Gasteiger partial charge < -0.3 is 14.9 Å². The molecular weight excluding hydrogens is 274 g/mol. The van der Waals surface area contributed by atoms with E-state index in [-0.39, 0.29) is 0 Å². The fourth-order valence-electron chi connectivity index (χ4n) is 2.95. The minimum atomic E-state index is -1.83. The quantitative estimate of drug-likeness (QED) is 0.444. The zero-order valence-electron chi connectivity index (χ0n) is 15.7. The van der Waals surface area contributed by atoms with Crippen LogP contribution in [0.5, 0.6) is 0 Å². The minimum absolute atomic E-state index is 0.625. The first-order valence-corrected chi connectivity index (χ1v) is 11.6. The lowest BCUT2D eigenvalue weighted by Crippen LogP contribution is -2.76. The second kappa shape index (κ2) is 11.6. The molecule has 0 heterocycles. The van der Waals surface area contributed by atoms with E-state index in [1.807, 2.05) is 0 Å². The van der Waals surface area contributed by atoms with E-state index >= 15 is 0 Å². The molecule has 0 aromatic rings. The van der Waals surface area contributed by atoms with Gasteiger partial charge in [0.15, 0.2) is 0 Å². The topological polar surface area (TPSA) is 36.1 Å². The van der Waals surface area contributed by atoms with E-state index in [4.69, 9.17) is 0 Å². The van der Waals surface area contributed by atoms with Crippen molar-refractivity contribution >= 4 is 8.56 Å². The fourth-order valence-corrected chi connectivity index (χ4v) is 7.13. The van der Waals surface area contributed by atoms with Gasteiger partial charge >= 0.3 is 0 Å². The van der Waals surface area contributed by atoms with Gasteiger partial charge in [0.1, 0.15) is 0 Å². The monoisotopic (exact) mass is 315 g/mol. The summed E-state index contributed by atoms with van der Waals surface area (Å²) < 4.78 is 0. The molecule has 21 heavy (non-hydrogen) atoms. The maximum Gasteiger partial charge on any atom is 0.281 e. The van der Waals surface area contributed by atoms with Crippen molar-refractivity contribution in [2.24, 2.45) is 0 Å². The largest absolute Gasteiger partial charge is 0.310 e. The molecule has 4 heteroatoms. The molecule has 0 spiro atoms. The first-order valence-electron chi connectivity index (χ1n) is 9.37. The van der Waals surface area contributed by atoms with Crippen molar-refractivity contribution < 1.29 is 0 Å². The van der Waals surface area contributed by atoms with Gasteiger partial charge in [-0.2, -0.15) is 0 Å². The van der Waals surface area contributed by atoms with Crippen LogP contribution in [0.15, 0.2) is 0 Å². The summed E-state index contributed by atoms with van der Waals surface area (Å²) in [5.41, 5.74) is 0. The third-order valence-electron chi connectivity index (χ3n) is 4.84. The molecule has 128 valence electrons. The Morgan fingerprint density at radius 2 is 0.762 bits per heavy atom. The Labute approximate surface area is 135 Å². The zero-order chi connectivity index (χ0) is 16.3. The summed E-state index contributed by atoms with van der Waals surface area (Å²) in [4.78, 5) is 12.1. The van der Waals surface area contributed by atoms with Crippen LogP contribution in [0.2, 0.25) is 6.04 Å². The van der Waals surface area contributed by atoms with E-state index in [0.29, 0.717) is 18.1 Å². The molecule has 0 amide bonds. The Morgan fingerprint density at radius 1 is 0.524 bits per heavy atom. The molecule has 0 saturated heterocycles. The third kappa shape index (κ3) is 7.27. The summed E-state index contributed by atoms with van der Waals surface area (Å²) in [6.07, 6.45) is 7.25. The number of hydrogen-bond acceptors (Lipinski definition) is 3. The Hall–Kier alpha value is 0.0969. The van der Waals surface area contributed by atoms with Gasteiger partial charge in [-0.05, 0) is 44.6 Å². The van der Waals surface area contributed by atoms with Crippen LogP contribution in [0.1, 0.15) is 87.0 Å². The average molecular weight is 316 g/mol. The number of hydrogen-bond donors (Lipinski definition) is 3.